The summed E-state index contributed by atoms with van der Waals surface area (Å²) in [5.41, 5.74) is 1.00. The summed E-state index contributed by atoms with van der Waals surface area (Å²) in [6.07, 6.45) is 1.27. The molecule has 7 heteroatoms. The molecule has 1 N–H and O–H groups in total. The summed E-state index contributed by atoms with van der Waals surface area (Å²) < 4.78 is 5.24. The second kappa shape index (κ2) is 6.19. The van der Waals surface area contributed by atoms with E-state index in [2.05, 4.69) is 4.98 Å². The van der Waals surface area contributed by atoms with Crippen LogP contribution in [0.25, 0.3) is 0 Å². The molecule has 6 nitrogen and oxygen atoms in total. The van der Waals surface area contributed by atoms with E-state index in [1.54, 1.807) is 13.0 Å². The fraction of sp³-hybridized carbons (Fsp3) is 0.462. The van der Waals surface area contributed by atoms with E-state index in [0.717, 1.165) is 5.69 Å². The molecular weight excluding hydrogens is 284 g/mol. The van der Waals surface area contributed by atoms with Gasteiger partial charge in [0.1, 0.15) is 0 Å². The molecule has 0 bridgehead atoms. The minimum Gasteiger partial charge on any atom is -0.481 e. The molecule has 1 aromatic heterocycles. The third kappa shape index (κ3) is 3.26. The number of hydrogen-bond donors (Lipinski definition) is 1. The van der Waals surface area contributed by atoms with Crippen molar-refractivity contribution in [2.24, 2.45) is 0 Å². The predicted octanol–water partition coefficient (Wildman–Crippen LogP) is 1.36. The average Bonchev–Trinajstić information content (AvgIpc) is 2.38. The lowest BCUT2D eigenvalue weighted by Crippen LogP contribution is -2.49. The summed E-state index contributed by atoms with van der Waals surface area (Å²) in [5, 5.41) is 9.22. The SMILES string of the molecule is Cc1cc(Cl)c(C(=O)N2CCOCC2CC(=O)O)cn1. The molecular formula is C13H15ClN2O4. The van der Waals surface area contributed by atoms with Crippen molar-refractivity contribution in [3.05, 3.63) is 28.5 Å². The number of hydrogen-bond acceptors (Lipinski definition) is 4. The quantitative estimate of drug-likeness (QED) is 0.911. The zero-order chi connectivity index (χ0) is 14.7. The molecule has 20 heavy (non-hydrogen) atoms. The van der Waals surface area contributed by atoms with Crippen molar-refractivity contribution in [3.8, 4) is 0 Å². The van der Waals surface area contributed by atoms with Gasteiger partial charge in [-0.2, -0.15) is 0 Å². The Bertz CT molecular complexity index is 535. The number of carboxylic acid groups (broad SMARTS) is 1. The molecule has 1 unspecified atom stereocenters. The van der Waals surface area contributed by atoms with Crippen molar-refractivity contribution in [2.75, 3.05) is 19.8 Å². The Morgan fingerprint density at radius 2 is 2.35 bits per heavy atom. The molecule has 1 aliphatic rings. The number of carboxylic acids is 1. The maximum absolute atomic E-state index is 12.5. The van der Waals surface area contributed by atoms with Crippen LogP contribution in [0.3, 0.4) is 0 Å². The first kappa shape index (κ1) is 14.7. The molecule has 0 aromatic carbocycles. The fourth-order valence-electron chi connectivity index (χ4n) is 2.13. The number of ether oxygens (including phenoxy) is 1. The lowest BCUT2D eigenvalue weighted by atomic mass is 10.1. The number of morpholine rings is 1. The van der Waals surface area contributed by atoms with E-state index in [1.165, 1.54) is 11.1 Å². The van der Waals surface area contributed by atoms with Crippen LogP contribution in [0.4, 0.5) is 0 Å². The van der Waals surface area contributed by atoms with Crippen LogP contribution in [0.2, 0.25) is 5.02 Å². The van der Waals surface area contributed by atoms with E-state index in [1.807, 2.05) is 0 Å². The number of aromatic nitrogens is 1. The van der Waals surface area contributed by atoms with Crippen molar-refractivity contribution in [1.29, 1.82) is 0 Å². The fourth-order valence-corrected chi connectivity index (χ4v) is 2.42. The number of halogens is 1. The highest BCUT2D eigenvalue weighted by molar-refractivity contribution is 6.33. The molecule has 1 atom stereocenters. The third-order valence-corrected chi connectivity index (χ3v) is 3.43. The second-order valence-electron chi connectivity index (χ2n) is 4.63. The lowest BCUT2D eigenvalue weighted by Gasteiger charge is -2.35. The number of aliphatic carboxylic acids is 1. The summed E-state index contributed by atoms with van der Waals surface area (Å²) in [6, 6.07) is 1.13. The van der Waals surface area contributed by atoms with Crippen molar-refractivity contribution in [3.63, 3.8) is 0 Å². The number of nitrogens with zero attached hydrogens (tertiary/aromatic N) is 2. The van der Waals surface area contributed by atoms with E-state index in [0.29, 0.717) is 18.2 Å². The minimum atomic E-state index is -0.966. The van der Waals surface area contributed by atoms with Crippen LogP contribution in [0, 0.1) is 6.92 Å². The largest absolute Gasteiger partial charge is 0.481 e. The van der Waals surface area contributed by atoms with Crippen LogP contribution in [0.5, 0.6) is 0 Å². The number of amides is 1. The monoisotopic (exact) mass is 298 g/mol. The first-order valence-corrected chi connectivity index (χ1v) is 6.59. The third-order valence-electron chi connectivity index (χ3n) is 3.12. The van der Waals surface area contributed by atoms with Gasteiger partial charge in [-0.3, -0.25) is 14.6 Å². The van der Waals surface area contributed by atoms with E-state index < -0.39 is 12.0 Å². The Labute approximate surface area is 121 Å². The number of rotatable bonds is 3. The van der Waals surface area contributed by atoms with Gasteiger partial charge in [0.15, 0.2) is 0 Å². The average molecular weight is 299 g/mol. The first-order valence-electron chi connectivity index (χ1n) is 6.21. The van der Waals surface area contributed by atoms with Crippen LogP contribution in [0.15, 0.2) is 12.3 Å². The van der Waals surface area contributed by atoms with E-state index in [4.69, 9.17) is 21.4 Å². The Balaban J connectivity index is 2.22. The van der Waals surface area contributed by atoms with Gasteiger partial charge in [0.05, 0.1) is 36.3 Å². The molecule has 1 fully saturated rings. The van der Waals surface area contributed by atoms with Crippen molar-refractivity contribution < 1.29 is 19.4 Å². The standard InChI is InChI=1S/C13H15ClN2O4/c1-8-4-11(14)10(6-15-8)13(19)16-2-3-20-7-9(16)5-12(17)18/h4,6,9H,2-3,5,7H2,1H3,(H,17,18). The van der Waals surface area contributed by atoms with Crippen molar-refractivity contribution in [1.82, 2.24) is 9.88 Å². The van der Waals surface area contributed by atoms with E-state index >= 15 is 0 Å². The maximum atomic E-state index is 12.5. The van der Waals surface area contributed by atoms with Crippen LogP contribution in [0.1, 0.15) is 22.5 Å². The number of carbonyl (C=O) groups excluding carboxylic acids is 1. The molecule has 0 spiro atoms. The van der Waals surface area contributed by atoms with Gasteiger partial charge in [0.2, 0.25) is 0 Å². The Kier molecular flexibility index (Phi) is 4.57. The Morgan fingerprint density at radius 3 is 3.00 bits per heavy atom. The zero-order valence-corrected chi connectivity index (χ0v) is 11.8. The first-order chi connectivity index (χ1) is 9.49. The summed E-state index contributed by atoms with van der Waals surface area (Å²) in [7, 11) is 0. The van der Waals surface area contributed by atoms with Gasteiger partial charge in [-0.15, -0.1) is 0 Å². The maximum Gasteiger partial charge on any atom is 0.305 e. The zero-order valence-electron chi connectivity index (χ0n) is 11.0. The lowest BCUT2D eigenvalue weighted by molar-refractivity contribution is -0.139. The number of carbonyl (C=O) groups is 2. The molecule has 108 valence electrons. The van der Waals surface area contributed by atoms with Gasteiger partial charge in [-0.05, 0) is 13.0 Å². The Hall–Kier alpha value is -1.66. The van der Waals surface area contributed by atoms with E-state index in [-0.39, 0.29) is 24.5 Å². The Morgan fingerprint density at radius 1 is 1.60 bits per heavy atom. The smallest absolute Gasteiger partial charge is 0.305 e. The van der Waals surface area contributed by atoms with Crippen LogP contribution in [-0.4, -0.2) is 52.7 Å². The summed E-state index contributed by atoms with van der Waals surface area (Å²) >= 11 is 6.06. The highest BCUT2D eigenvalue weighted by Gasteiger charge is 2.30. The normalized spacial score (nSPS) is 18.9. The molecule has 0 radical (unpaired) electrons. The van der Waals surface area contributed by atoms with Gasteiger partial charge >= 0.3 is 5.97 Å². The van der Waals surface area contributed by atoms with Crippen LogP contribution < -0.4 is 0 Å². The minimum absolute atomic E-state index is 0.150. The second-order valence-corrected chi connectivity index (χ2v) is 5.04. The van der Waals surface area contributed by atoms with Crippen LogP contribution in [-0.2, 0) is 9.53 Å². The molecule has 2 rings (SSSR count). The van der Waals surface area contributed by atoms with Crippen LogP contribution >= 0.6 is 11.6 Å². The van der Waals surface area contributed by atoms with Gasteiger partial charge < -0.3 is 14.7 Å². The molecule has 1 amide bonds. The molecule has 0 saturated carbocycles. The molecule has 2 heterocycles. The van der Waals surface area contributed by atoms with Gasteiger partial charge in [-0.1, -0.05) is 11.6 Å². The molecule has 1 aliphatic heterocycles. The molecule has 1 aromatic rings. The number of aryl methyl sites for hydroxylation is 1. The van der Waals surface area contributed by atoms with Crippen molar-refractivity contribution in [2.45, 2.75) is 19.4 Å². The predicted molar refractivity (Wildman–Crippen MR) is 71.9 cm³/mol. The summed E-state index contributed by atoms with van der Waals surface area (Å²) in [4.78, 5) is 28.9. The summed E-state index contributed by atoms with van der Waals surface area (Å²) in [6.45, 7) is 2.73. The van der Waals surface area contributed by atoms with E-state index in [9.17, 15) is 9.59 Å². The molecule has 0 aliphatic carbocycles. The van der Waals surface area contributed by atoms with Gasteiger partial charge in [0, 0.05) is 18.4 Å². The summed E-state index contributed by atoms with van der Waals surface area (Å²) in [5.74, 6) is -1.27. The topological polar surface area (TPSA) is 79.7 Å². The van der Waals surface area contributed by atoms with Gasteiger partial charge in [0.25, 0.3) is 5.91 Å². The highest BCUT2D eigenvalue weighted by Crippen LogP contribution is 2.21. The molecule has 1 saturated heterocycles. The van der Waals surface area contributed by atoms with Gasteiger partial charge in [-0.25, -0.2) is 0 Å². The number of pyridine rings is 1. The van der Waals surface area contributed by atoms with Crippen molar-refractivity contribution >= 4 is 23.5 Å². The highest BCUT2D eigenvalue weighted by atomic mass is 35.5.